The molecule has 1 fully saturated rings. The van der Waals surface area contributed by atoms with Crippen molar-refractivity contribution in [1.29, 1.82) is 0 Å². The first kappa shape index (κ1) is 13.5. The molecule has 0 aliphatic heterocycles. The summed E-state index contributed by atoms with van der Waals surface area (Å²) < 4.78 is 5.68. The molecule has 0 radical (unpaired) electrons. The number of nitrogens with one attached hydrogen (secondary N) is 1. The van der Waals surface area contributed by atoms with Crippen molar-refractivity contribution in [3.05, 3.63) is 35.9 Å². The highest BCUT2D eigenvalue weighted by Gasteiger charge is 2.16. The molecule has 18 heavy (non-hydrogen) atoms. The summed E-state index contributed by atoms with van der Waals surface area (Å²) >= 11 is 0. The third-order valence-electron chi connectivity index (χ3n) is 3.38. The third-order valence-corrected chi connectivity index (χ3v) is 3.38. The van der Waals surface area contributed by atoms with E-state index in [1.54, 1.807) is 0 Å². The van der Waals surface area contributed by atoms with Gasteiger partial charge in [0.15, 0.2) is 0 Å². The van der Waals surface area contributed by atoms with Crippen molar-refractivity contribution >= 4 is 0 Å². The molecule has 0 aromatic heterocycles. The number of ether oxygens (including phenoxy) is 1. The van der Waals surface area contributed by atoms with E-state index in [2.05, 4.69) is 17.4 Å². The molecule has 2 rings (SSSR count). The maximum atomic E-state index is 9.80. The minimum absolute atomic E-state index is 0.383. The molecule has 0 saturated heterocycles. The Bertz CT molecular complexity index is 323. The van der Waals surface area contributed by atoms with Crippen LogP contribution in [-0.4, -0.2) is 30.5 Å². The topological polar surface area (TPSA) is 41.5 Å². The van der Waals surface area contributed by atoms with Crippen LogP contribution in [0.3, 0.4) is 0 Å². The minimum atomic E-state index is -0.408. The van der Waals surface area contributed by atoms with Crippen LogP contribution in [0.2, 0.25) is 0 Å². The van der Waals surface area contributed by atoms with E-state index in [9.17, 15) is 5.11 Å². The van der Waals surface area contributed by atoms with E-state index in [1.165, 1.54) is 18.4 Å². The zero-order valence-electron chi connectivity index (χ0n) is 10.8. The van der Waals surface area contributed by atoms with Crippen LogP contribution in [0, 0.1) is 0 Å². The van der Waals surface area contributed by atoms with E-state index >= 15 is 0 Å². The van der Waals surface area contributed by atoms with Gasteiger partial charge >= 0.3 is 0 Å². The van der Waals surface area contributed by atoms with Gasteiger partial charge in [0, 0.05) is 13.1 Å². The van der Waals surface area contributed by atoms with Gasteiger partial charge in [-0.05, 0) is 18.4 Å². The maximum Gasteiger partial charge on any atom is 0.0897 e. The second-order valence-corrected chi connectivity index (χ2v) is 5.01. The van der Waals surface area contributed by atoms with Crippen LogP contribution in [0.1, 0.15) is 31.2 Å². The van der Waals surface area contributed by atoms with Crippen LogP contribution in [0.4, 0.5) is 0 Å². The van der Waals surface area contributed by atoms with Gasteiger partial charge in [-0.1, -0.05) is 43.2 Å². The molecule has 3 heteroatoms. The fourth-order valence-corrected chi connectivity index (χ4v) is 2.34. The monoisotopic (exact) mass is 249 g/mol. The van der Waals surface area contributed by atoms with E-state index in [1.807, 2.05) is 18.2 Å². The smallest absolute Gasteiger partial charge is 0.0897 e. The molecule has 3 nitrogen and oxygen atoms in total. The third kappa shape index (κ3) is 4.77. The van der Waals surface area contributed by atoms with Crippen LogP contribution in [-0.2, 0) is 11.3 Å². The van der Waals surface area contributed by atoms with Gasteiger partial charge in [0.1, 0.15) is 0 Å². The van der Waals surface area contributed by atoms with Crippen molar-refractivity contribution < 1.29 is 9.84 Å². The number of benzene rings is 1. The average molecular weight is 249 g/mol. The Morgan fingerprint density at radius 1 is 1.22 bits per heavy atom. The number of aliphatic hydroxyl groups excluding tert-OH is 1. The van der Waals surface area contributed by atoms with Crippen LogP contribution < -0.4 is 5.32 Å². The highest BCUT2D eigenvalue weighted by atomic mass is 16.5. The molecule has 0 heterocycles. The summed E-state index contributed by atoms with van der Waals surface area (Å²) in [6.07, 6.45) is 4.83. The first-order valence-corrected chi connectivity index (χ1v) is 6.89. The van der Waals surface area contributed by atoms with Gasteiger partial charge in [-0.15, -0.1) is 0 Å². The fourth-order valence-electron chi connectivity index (χ4n) is 2.34. The second kappa shape index (κ2) is 7.52. The molecule has 0 bridgehead atoms. The Balaban J connectivity index is 1.55. The van der Waals surface area contributed by atoms with Gasteiger partial charge in [-0.3, -0.25) is 0 Å². The number of hydrogen-bond donors (Lipinski definition) is 2. The zero-order chi connectivity index (χ0) is 12.6. The van der Waals surface area contributed by atoms with E-state index < -0.39 is 6.10 Å². The van der Waals surface area contributed by atoms with E-state index in [0.717, 1.165) is 19.4 Å². The molecule has 1 aromatic carbocycles. The molecular weight excluding hydrogens is 226 g/mol. The predicted molar refractivity (Wildman–Crippen MR) is 72.4 cm³/mol. The Morgan fingerprint density at radius 3 is 2.67 bits per heavy atom. The van der Waals surface area contributed by atoms with Crippen LogP contribution in [0.5, 0.6) is 0 Å². The van der Waals surface area contributed by atoms with Crippen molar-refractivity contribution in [3.63, 3.8) is 0 Å². The summed E-state index contributed by atoms with van der Waals surface area (Å²) in [6, 6.07) is 10.2. The molecule has 1 saturated carbocycles. The van der Waals surface area contributed by atoms with E-state index in [0.29, 0.717) is 19.3 Å². The minimum Gasteiger partial charge on any atom is -0.389 e. The Labute approximate surface area is 109 Å². The SMILES string of the molecule is OC(CNCc1ccccc1)COC1CCCC1. The lowest BCUT2D eigenvalue weighted by molar-refractivity contribution is -0.00549. The summed E-state index contributed by atoms with van der Waals surface area (Å²) in [7, 11) is 0. The molecule has 1 atom stereocenters. The Hall–Kier alpha value is -0.900. The summed E-state index contributed by atoms with van der Waals surface area (Å²) in [5.74, 6) is 0. The van der Waals surface area contributed by atoms with Crippen LogP contribution in [0.15, 0.2) is 30.3 Å². The average Bonchev–Trinajstić information content (AvgIpc) is 2.91. The van der Waals surface area contributed by atoms with Gasteiger partial charge in [0.2, 0.25) is 0 Å². The zero-order valence-corrected chi connectivity index (χ0v) is 10.8. The van der Waals surface area contributed by atoms with Gasteiger partial charge < -0.3 is 15.2 Å². The lowest BCUT2D eigenvalue weighted by Gasteiger charge is -2.16. The van der Waals surface area contributed by atoms with Gasteiger partial charge in [0.25, 0.3) is 0 Å². The largest absolute Gasteiger partial charge is 0.389 e. The number of rotatable bonds is 7. The lowest BCUT2D eigenvalue weighted by atomic mass is 10.2. The molecule has 1 aliphatic rings. The van der Waals surface area contributed by atoms with Gasteiger partial charge in [0.05, 0.1) is 18.8 Å². The highest BCUT2D eigenvalue weighted by molar-refractivity contribution is 5.14. The molecule has 0 spiro atoms. The summed E-state index contributed by atoms with van der Waals surface area (Å²) in [5, 5.41) is 13.0. The molecule has 1 aromatic rings. The van der Waals surface area contributed by atoms with Crippen LogP contribution in [0.25, 0.3) is 0 Å². The standard InChI is InChI=1S/C15H23NO2/c17-14(12-18-15-8-4-5-9-15)11-16-10-13-6-2-1-3-7-13/h1-3,6-7,14-17H,4-5,8-12H2. The van der Waals surface area contributed by atoms with Gasteiger partial charge in [-0.2, -0.15) is 0 Å². The van der Waals surface area contributed by atoms with Gasteiger partial charge in [-0.25, -0.2) is 0 Å². The molecular formula is C15H23NO2. The lowest BCUT2D eigenvalue weighted by Crippen LogP contribution is -2.31. The molecule has 100 valence electrons. The Morgan fingerprint density at radius 2 is 1.94 bits per heavy atom. The molecule has 1 aliphatic carbocycles. The van der Waals surface area contributed by atoms with E-state index in [-0.39, 0.29) is 0 Å². The normalized spacial score (nSPS) is 18.1. The van der Waals surface area contributed by atoms with Crippen molar-refractivity contribution in [3.8, 4) is 0 Å². The summed E-state index contributed by atoms with van der Waals surface area (Å²) in [6.45, 7) is 1.83. The maximum absolute atomic E-state index is 9.80. The summed E-state index contributed by atoms with van der Waals surface area (Å²) in [4.78, 5) is 0. The quantitative estimate of drug-likeness (QED) is 0.777. The molecule has 0 amide bonds. The molecule has 1 unspecified atom stereocenters. The van der Waals surface area contributed by atoms with Crippen molar-refractivity contribution in [2.24, 2.45) is 0 Å². The fraction of sp³-hybridized carbons (Fsp3) is 0.600. The first-order chi connectivity index (χ1) is 8.84. The number of hydrogen-bond acceptors (Lipinski definition) is 3. The second-order valence-electron chi connectivity index (χ2n) is 5.01. The first-order valence-electron chi connectivity index (χ1n) is 6.89. The van der Waals surface area contributed by atoms with E-state index in [4.69, 9.17) is 4.74 Å². The Kier molecular flexibility index (Phi) is 5.65. The number of aliphatic hydroxyl groups is 1. The van der Waals surface area contributed by atoms with Crippen molar-refractivity contribution in [2.75, 3.05) is 13.2 Å². The molecule has 2 N–H and O–H groups in total. The van der Waals surface area contributed by atoms with Crippen LogP contribution >= 0.6 is 0 Å². The highest BCUT2D eigenvalue weighted by Crippen LogP contribution is 2.20. The summed E-state index contributed by atoms with van der Waals surface area (Å²) in [5.41, 5.74) is 1.24. The van der Waals surface area contributed by atoms with Crippen molar-refractivity contribution in [2.45, 2.75) is 44.4 Å². The van der Waals surface area contributed by atoms with Crippen molar-refractivity contribution in [1.82, 2.24) is 5.32 Å². The predicted octanol–water partition coefficient (Wildman–Crippen LogP) is 2.10.